The molecule has 1 N–H and O–H groups in total. The van der Waals surface area contributed by atoms with E-state index in [4.69, 9.17) is 27.7 Å². The molecule has 0 amide bonds. The Bertz CT molecular complexity index is 296. The van der Waals surface area contributed by atoms with Crippen LogP contribution >= 0.6 is 30.9 Å². The number of nitrogens with zero attached hydrogens (tertiary/aromatic N) is 1. The van der Waals surface area contributed by atoms with Crippen LogP contribution in [0.15, 0.2) is 0 Å². The van der Waals surface area contributed by atoms with Crippen LogP contribution in [-0.2, 0) is 9.09 Å². The Balaban J connectivity index is 2.85. The van der Waals surface area contributed by atoms with Crippen LogP contribution in [0.3, 0.4) is 0 Å². The summed E-state index contributed by atoms with van der Waals surface area (Å²) in [5.74, 6) is 0.807. The molecule has 1 aliphatic heterocycles. The zero-order chi connectivity index (χ0) is 13.1. The fourth-order valence-electron chi connectivity index (χ4n) is 2.17. The molecule has 0 saturated carbocycles. The van der Waals surface area contributed by atoms with Crippen LogP contribution in [0.4, 0.5) is 0 Å². The summed E-state index contributed by atoms with van der Waals surface area (Å²) in [6.07, 6.45) is 0.826. The van der Waals surface area contributed by atoms with E-state index in [1.165, 1.54) is 0 Å². The SMILES string of the molecule is CC1CC(C)(C)OP(=O)(N(CCCl)CCCl)N1. The van der Waals surface area contributed by atoms with Gasteiger partial charge in [-0.3, -0.25) is 9.09 Å². The van der Waals surface area contributed by atoms with Gasteiger partial charge in [-0.25, -0.2) is 9.76 Å². The maximum Gasteiger partial charge on any atom is 0.344 e. The molecule has 17 heavy (non-hydrogen) atoms. The molecule has 102 valence electrons. The van der Waals surface area contributed by atoms with Crippen LogP contribution in [-0.4, -0.2) is 41.2 Å². The van der Waals surface area contributed by atoms with E-state index >= 15 is 0 Å². The summed E-state index contributed by atoms with van der Waals surface area (Å²) in [6, 6.07) is 0.151. The Morgan fingerprint density at radius 1 is 1.41 bits per heavy atom. The molecule has 1 fully saturated rings. The van der Waals surface area contributed by atoms with Gasteiger partial charge in [0.15, 0.2) is 0 Å². The molecule has 4 nitrogen and oxygen atoms in total. The number of alkyl halides is 2. The Hall–Kier alpha value is 0.690. The van der Waals surface area contributed by atoms with E-state index in [0.717, 1.165) is 6.42 Å². The van der Waals surface area contributed by atoms with E-state index in [2.05, 4.69) is 5.09 Å². The minimum atomic E-state index is -3.02. The van der Waals surface area contributed by atoms with Crippen LogP contribution < -0.4 is 5.09 Å². The van der Waals surface area contributed by atoms with Crippen molar-refractivity contribution in [2.24, 2.45) is 0 Å². The Morgan fingerprint density at radius 3 is 2.35 bits per heavy atom. The lowest BCUT2D eigenvalue weighted by atomic mass is 10.0. The van der Waals surface area contributed by atoms with Gasteiger partial charge in [0.25, 0.3) is 0 Å². The number of nitrogens with one attached hydrogen (secondary N) is 1. The number of rotatable bonds is 5. The van der Waals surface area contributed by atoms with Crippen molar-refractivity contribution >= 4 is 30.9 Å². The zero-order valence-corrected chi connectivity index (χ0v) is 13.0. The largest absolute Gasteiger partial charge is 0.344 e. The highest BCUT2D eigenvalue weighted by molar-refractivity contribution is 7.54. The molecule has 0 aromatic rings. The smallest absolute Gasteiger partial charge is 0.300 e. The van der Waals surface area contributed by atoms with E-state index in [-0.39, 0.29) is 6.04 Å². The first-order valence-corrected chi connectivity index (χ1v) is 8.43. The van der Waals surface area contributed by atoms with Crippen molar-refractivity contribution < 1.29 is 9.09 Å². The van der Waals surface area contributed by atoms with Gasteiger partial charge in [0, 0.05) is 30.9 Å². The molecule has 1 aliphatic rings. The van der Waals surface area contributed by atoms with Gasteiger partial charge in [0.2, 0.25) is 0 Å². The monoisotopic (exact) mass is 302 g/mol. The second kappa shape index (κ2) is 6.23. The van der Waals surface area contributed by atoms with Gasteiger partial charge in [0.1, 0.15) is 0 Å². The van der Waals surface area contributed by atoms with Gasteiger partial charge in [0.05, 0.1) is 5.60 Å². The molecule has 2 unspecified atom stereocenters. The molecule has 7 heteroatoms. The summed E-state index contributed by atoms with van der Waals surface area (Å²) in [6.45, 7) is 6.92. The molecule has 1 heterocycles. The van der Waals surface area contributed by atoms with Crippen molar-refractivity contribution in [1.29, 1.82) is 0 Å². The van der Waals surface area contributed by atoms with Crippen LogP contribution in [0.1, 0.15) is 27.2 Å². The van der Waals surface area contributed by atoms with Gasteiger partial charge in [-0.15, -0.1) is 23.2 Å². The summed E-state index contributed by atoms with van der Waals surface area (Å²) in [5, 5.41) is 3.06. The molecule has 0 aromatic heterocycles. The van der Waals surface area contributed by atoms with Crippen LogP contribution in [0.2, 0.25) is 0 Å². The van der Waals surface area contributed by atoms with Crippen LogP contribution in [0.5, 0.6) is 0 Å². The fraction of sp³-hybridized carbons (Fsp3) is 1.00. The predicted molar refractivity (Wildman–Crippen MR) is 73.0 cm³/mol. The van der Waals surface area contributed by atoms with E-state index < -0.39 is 13.3 Å². The molecule has 0 bridgehead atoms. The summed E-state index contributed by atoms with van der Waals surface area (Å²) in [7, 11) is -3.02. The number of halogens is 2. The van der Waals surface area contributed by atoms with Gasteiger partial charge >= 0.3 is 7.67 Å². The predicted octanol–water partition coefficient (Wildman–Crippen LogP) is 3.05. The van der Waals surface area contributed by atoms with Gasteiger partial charge in [-0.2, -0.15) is 0 Å². The molecular weight excluding hydrogens is 282 g/mol. The standard InChI is InChI=1S/C10H21Cl2N2O2P/c1-9-8-10(2,3)16-17(15,13-9)14(6-4-11)7-5-12/h9H,4-8H2,1-3H3,(H,13,15). The summed E-state index contributed by atoms with van der Waals surface area (Å²) in [5.41, 5.74) is -0.392. The van der Waals surface area contributed by atoms with Crippen molar-refractivity contribution in [2.75, 3.05) is 24.8 Å². The normalized spacial score (nSPS) is 32.9. The maximum absolute atomic E-state index is 12.8. The molecular formula is C10H21Cl2N2O2P. The van der Waals surface area contributed by atoms with E-state index in [1.54, 1.807) is 4.67 Å². The quantitative estimate of drug-likeness (QED) is 0.626. The first kappa shape index (κ1) is 15.7. The third-order valence-electron chi connectivity index (χ3n) is 2.61. The van der Waals surface area contributed by atoms with Crippen molar-refractivity contribution in [3.05, 3.63) is 0 Å². The maximum atomic E-state index is 12.8. The molecule has 1 rings (SSSR count). The molecule has 0 spiro atoms. The number of hydrogen-bond donors (Lipinski definition) is 1. The third kappa shape index (κ3) is 4.38. The second-order valence-electron chi connectivity index (χ2n) is 4.94. The average Bonchev–Trinajstić information content (AvgIpc) is 2.13. The van der Waals surface area contributed by atoms with E-state index in [0.29, 0.717) is 24.8 Å². The van der Waals surface area contributed by atoms with E-state index in [1.807, 2.05) is 20.8 Å². The highest BCUT2D eigenvalue weighted by Crippen LogP contribution is 2.54. The van der Waals surface area contributed by atoms with Gasteiger partial charge < -0.3 is 0 Å². The first-order valence-electron chi connectivity index (χ1n) is 5.79. The minimum absolute atomic E-state index is 0.151. The van der Waals surface area contributed by atoms with Crippen molar-refractivity contribution in [3.63, 3.8) is 0 Å². The first-order chi connectivity index (χ1) is 7.83. The molecule has 2 atom stereocenters. The van der Waals surface area contributed by atoms with Crippen molar-refractivity contribution in [3.8, 4) is 0 Å². The fourth-order valence-corrected chi connectivity index (χ4v) is 5.26. The third-order valence-corrected chi connectivity index (χ3v) is 5.60. The Morgan fingerprint density at radius 2 is 1.94 bits per heavy atom. The lowest BCUT2D eigenvalue weighted by Gasteiger charge is -2.43. The summed E-state index contributed by atoms with van der Waals surface area (Å²) >= 11 is 11.5. The highest BCUT2D eigenvalue weighted by Gasteiger charge is 2.43. The topological polar surface area (TPSA) is 41.6 Å². The lowest BCUT2D eigenvalue weighted by molar-refractivity contribution is 0.0556. The lowest BCUT2D eigenvalue weighted by Crippen LogP contribution is -2.47. The molecule has 1 saturated heterocycles. The molecule has 0 radical (unpaired) electrons. The van der Waals surface area contributed by atoms with Crippen LogP contribution in [0.25, 0.3) is 0 Å². The minimum Gasteiger partial charge on any atom is -0.300 e. The molecule has 0 aliphatic carbocycles. The van der Waals surface area contributed by atoms with E-state index in [9.17, 15) is 4.57 Å². The number of hydrogen-bond acceptors (Lipinski definition) is 2. The average molecular weight is 303 g/mol. The van der Waals surface area contributed by atoms with Crippen LogP contribution in [0, 0.1) is 0 Å². The Labute approximate surface area is 114 Å². The highest BCUT2D eigenvalue weighted by atomic mass is 35.5. The Kier molecular flexibility index (Phi) is 5.77. The summed E-state index contributed by atoms with van der Waals surface area (Å²) in [4.78, 5) is 0. The van der Waals surface area contributed by atoms with Gasteiger partial charge in [-0.1, -0.05) is 0 Å². The van der Waals surface area contributed by atoms with Gasteiger partial charge in [-0.05, 0) is 27.2 Å². The second-order valence-corrected chi connectivity index (χ2v) is 7.74. The van der Waals surface area contributed by atoms with Crippen molar-refractivity contribution in [2.45, 2.75) is 38.8 Å². The molecule has 0 aromatic carbocycles. The van der Waals surface area contributed by atoms with Crippen molar-refractivity contribution in [1.82, 2.24) is 9.76 Å². The summed E-state index contributed by atoms with van der Waals surface area (Å²) < 4.78 is 20.3. The zero-order valence-electron chi connectivity index (χ0n) is 10.6.